The molecule has 0 unspecified atom stereocenters. The smallest absolute Gasteiger partial charge is 0.311 e. The molecule has 2 atom stereocenters. The van der Waals surface area contributed by atoms with E-state index in [0.717, 1.165) is 0 Å². The van der Waals surface area contributed by atoms with Crippen LogP contribution in [0.15, 0.2) is 0 Å². The fourth-order valence-corrected chi connectivity index (χ4v) is 2.66. The molecule has 0 radical (unpaired) electrons. The van der Waals surface area contributed by atoms with E-state index in [1.807, 2.05) is 12.0 Å². The number of halogens is 4. The lowest BCUT2D eigenvalue weighted by Gasteiger charge is -2.11. The highest BCUT2D eigenvalue weighted by Crippen LogP contribution is 2.58. The molecule has 0 saturated heterocycles. The SMILES string of the molecule is C#CCc1c(F)c(F)c(COC(=O)[C@@H]2[C@H](C#N)C2(C)C)c(F)c1F. The van der Waals surface area contributed by atoms with E-state index in [0.29, 0.717) is 0 Å². The minimum atomic E-state index is -1.65. The van der Waals surface area contributed by atoms with Crippen molar-refractivity contribution in [3.05, 3.63) is 34.4 Å². The number of terminal acetylenes is 1. The number of rotatable bonds is 4. The molecule has 7 heteroatoms. The molecule has 1 aromatic rings. The van der Waals surface area contributed by atoms with Gasteiger partial charge in [-0.05, 0) is 5.41 Å². The van der Waals surface area contributed by atoms with Gasteiger partial charge in [0.25, 0.3) is 0 Å². The van der Waals surface area contributed by atoms with Crippen LogP contribution >= 0.6 is 0 Å². The first-order chi connectivity index (χ1) is 11.2. The van der Waals surface area contributed by atoms with Crippen LogP contribution in [0.2, 0.25) is 0 Å². The van der Waals surface area contributed by atoms with E-state index in [9.17, 15) is 22.4 Å². The van der Waals surface area contributed by atoms with E-state index in [1.165, 1.54) is 0 Å². The van der Waals surface area contributed by atoms with Crippen LogP contribution in [0.25, 0.3) is 0 Å². The molecule has 24 heavy (non-hydrogen) atoms. The molecule has 0 spiro atoms. The number of carbonyl (C=O) groups excluding carboxylic acids is 1. The maximum Gasteiger partial charge on any atom is 0.311 e. The third kappa shape index (κ3) is 2.71. The van der Waals surface area contributed by atoms with Crippen LogP contribution in [0, 0.1) is 64.2 Å². The predicted molar refractivity (Wildman–Crippen MR) is 75.0 cm³/mol. The summed E-state index contributed by atoms with van der Waals surface area (Å²) in [5.41, 5.74) is -2.54. The molecule has 3 nitrogen and oxygen atoms in total. The molecule has 2 rings (SSSR count). The number of nitrogens with zero attached hydrogens (tertiary/aromatic N) is 1. The van der Waals surface area contributed by atoms with Crippen LogP contribution in [0.3, 0.4) is 0 Å². The van der Waals surface area contributed by atoms with Crippen LogP contribution in [0.1, 0.15) is 25.0 Å². The zero-order chi connectivity index (χ0) is 18.2. The van der Waals surface area contributed by atoms with E-state index in [2.05, 4.69) is 0 Å². The van der Waals surface area contributed by atoms with Gasteiger partial charge in [-0.1, -0.05) is 13.8 Å². The summed E-state index contributed by atoms with van der Waals surface area (Å²) in [6.45, 7) is 2.36. The second kappa shape index (κ2) is 6.16. The van der Waals surface area contributed by atoms with Crippen molar-refractivity contribution in [2.24, 2.45) is 17.3 Å². The van der Waals surface area contributed by atoms with Gasteiger partial charge >= 0.3 is 5.97 Å². The minimum absolute atomic E-state index is 0.578. The molecule has 126 valence electrons. The second-order valence-electron chi connectivity index (χ2n) is 6.11. The fourth-order valence-electron chi connectivity index (χ4n) is 2.66. The zero-order valence-electron chi connectivity index (χ0n) is 12.9. The third-order valence-corrected chi connectivity index (χ3v) is 4.30. The van der Waals surface area contributed by atoms with Gasteiger partial charge in [0.1, 0.15) is 6.61 Å². The van der Waals surface area contributed by atoms with Crippen LogP contribution in [-0.2, 0) is 22.6 Å². The monoisotopic (exact) mass is 339 g/mol. The quantitative estimate of drug-likeness (QED) is 0.366. The van der Waals surface area contributed by atoms with Crippen molar-refractivity contribution in [1.29, 1.82) is 5.26 Å². The van der Waals surface area contributed by atoms with Gasteiger partial charge in [-0.3, -0.25) is 4.79 Å². The van der Waals surface area contributed by atoms with E-state index in [4.69, 9.17) is 16.4 Å². The van der Waals surface area contributed by atoms with Crippen molar-refractivity contribution < 1.29 is 27.1 Å². The molecular formula is C17H13F4NO2. The molecule has 0 aromatic heterocycles. The van der Waals surface area contributed by atoms with E-state index < -0.39 is 70.6 Å². The highest BCUT2D eigenvalue weighted by Gasteiger charge is 2.63. The van der Waals surface area contributed by atoms with Crippen molar-refractivity contribution in [3.63, 3.8) is 0 Å². The third-order valence-electron chi connectivity index (χ3n) is 4.30. The molecule has 0 bridgehead atoms. The van der Waals surface area contributed by atoms with Crippen molar-refractivity contribution in [2.45, 2.75) is 26.9 Å². The summed E-state index contributed by atoms with van der Waals surface area (Å²) in [4.78, 5) is 11.9. The molecule has 0 amide bonds. The molecule has 1 saturated carbocycles. The Balaban J connectivity index is 2.22. The molecular weight excluding hydrogens is 326 g/mol. The van der Waals surface area contributed by atoms with Gasteiger partial charge in [-0.2, -0.15) is 5.26 Å². The largest absolute Gasteiger partial charge is 0.460 e. The lowest BCUT2D eigenvalue weighted by Crippen LogP contribution is -2.14. The summed E-state index contributed by atoms with van der Waals surface area (Å²) in [5, 5.41) is 8.90. The Hall–Kier alpha value is -2.54. The summed E-state index contributed by atoms with van der Waals surface area (Å²) in [6.07, 6.45) is 4.28. The van der Waals surface area contributed by atoms with E-state index in [1.54, 1.807) is 13.8 Å². The Morgan fingerprint density at radius 1 is 1.17 bits per heavy atom. The number of ether oxygens (including phenoxy) is 1. The zero-order valence-corrected chi connectivity index (χ0v) is 12.9. The topological polar surface area (TPSA) is 50.1 Å². The van der Waals surface area contributed by atoms with Crippen molar-refractivity contribution in [3.8, 4) is 18.4 Å². The van der Waals surface area contributed by atoms with E-state index in [-0.39, 0.29) is 0 Å². The van der Waals surface area contributed by atoms with Crippen molar-refractivity contribution in [2.75, 3.05) is 0 Å². The molecule has 0 heterocycles. The Morgan fingerprint density at radius 2 is 1.67 bits per heavy atom. The average Bonchev–Trinajstić information content (AvgIpc) is 3.10. The summed E-state index contributed by atoms with van der Waals surface area (Å²) in [5.74, 6) is -6.80. The lowest BCUT2D eigenvalue weighted by atomic mass is 10.1. The number of hydrogen-bond acceptors (Lipinski definition) is 3. The molecule has 1 aliphatic rings. The highest BCUT2D eigenvalue weighted by molar-refractivity contribution is 5.78. The summed E-state index contributed by atoms with van der Waals surface area (Å²) in [7, 11) is 0. The first-order valence-corrected chi connectivity index (χ1v) is 7.01. The standard InChI is InChI=1S/C17H13F4NO2/c1-4-5-8-12(18)14(20)9(15(21)13(8)19)7-24-16(23)11-10(6-22)17(11,2)3/h1,10-11H,5,7H2,2-3H3/t10-,11-/m0/s1. The molecule has 0 N–H and O–H groups in total. The number of nitriles is 1. The number of benzene rings is 1. The normalized spacial score (nSPS) is 20.8. The van der Waals surface area contributed by atoms with Crippen LogP contribution in [0.4, 0.5) is 17.6 Å². The van der Waals surface area contributed by atoms with Gasteiger partial charge in [-0.25, -0.2) is 17.6 Å². The van der Waals surface area contributed by atoms with E-state index >= 15 is 0 Å². The predicted octanol–water partition coefficient (Wildman–Crippen LogP) is 3.26. The summed E-state index contributed by atoms with van der Waals surface area (Å²) < 4.78 is 60.1. The minimum Gasteiger partial charge on any atom is -0.460 e. The Kier molecular flexibility index (Phi) is 4.57. The number of carbonyl (C=O) groups is 1. The van der Waals surface area contributed by atoms with Gasteiger partial charge < -0.3 is 4.74 Å². The summed E-state index contributed by atoms with van der Waals surface area (Å²) in [6, 6.07) is 1.93. The average molecular weight is 339 g/mol. The maximum atomic E-state index is 13.9. The lowest BCUT2D eigenvalue weighted by molar-refractivity contribution is -0.147. The fraction of sp³-hybridized carbons (Fsp3) is 0.412. The van der Waals surface area contributed by atoms with Gasteiger partial charge in [0, 0.05) is 12.0 Å². The maximum absolute atomic E-state index is 13.9. The first-order valence-electron chi connectivity index (χ1n) is 7.01. The molecule has 1 aromatic carbocycles. The Labute approximate surface area is 136 Å². The number of hydrogen-bond donors (Lipinski definition) is 0. The molecule has 1 aliphatic carbocycles. The Bertz CT molecular complexity index is 760. The van der Waals surface area contributed by atoms with Crippen LogP contribution in [0.5, 0.6) is 0 Å². The molecule has 1 fully saturated rings. The van der Waals surface area contributed by atoms with Crippen molar-refractivity contribution in [1.82, 2.24) is 0 Å². The van der Waals surface area contributed by atoms with Gasteiger partial charge in [0.2, 0.25) is 0 Å². The Morgan fingerprint density at radius 3 is 2.08 bits per heavy atom. The van der Waals surface area contributed by atoms with Crippen molar-refractivity contribution >= 4 is 5.97 Å². The van der Waals surface area contributed by atoms with Gasteiger partial charge in [0.05, 0.1) is 23.5 Å². The van der Waals surface area contributed by atoms with Gasteiger partial charge in [0.15, 0.2) is 23.3 Å². The van der Waals surface area contributed by atoms with Crippen LogP contribution < -0.4 is 0 Å². The highest BCUT2D eigenvalue weighted by atomic mass is 19.2. The summed E-state index contributed by atoms with van der Waals surface area (Å²) >= 11 is 0. The number of esters is 1. The van der Waals surface area contributed by atoms with Gasteiger partial charge in [-0.15, -0.1) is 12.3 Å². The first kappa shape index (κ1) is 17.8. The second-order valence-corrected chi connectivity index (χ2v) is 6.11. The van der Waals surface area contributed by atoms with Crippen LogP contribution in [-0.4, -0.2) is 5.97 Å². The molecule has 0 aliphatic heterocycles.